The van der Waals surface area contributed by atoms with E-state index in [1.165, 1.54) is 0 Å². The second kappa shape index (κ2) is 4.58. The first-order chi connectivity index (χ1) is 6.27. The van der Waals surface area contributed by atoms with E-state index >= 15 is 0 Å². The molecule has 0 unspecified atom stereocenters. The Morgan fingerprint density at radius 2 is 2.00 bits per heavy atom. The smallest absolute Gasteiger partial charge is 0.0991 e. The average molecular weight is 178 g/mol. The van der Waals surface area contributed by atoms with Crippen molar-refractivity contribution in [3.05, 3.63) is 35.4 Å². The van der Waals surface area contributed by atoms with E-state index in [-0.39, 0.29) is 6.04 Å². The molecule has 0 radical (unpaired) electrons. The molecule has 13 heavy (non-hydrogen) atoms. The first-order valence-electron chi connectivity index (χ1n) is 4.09. The van der Waals surface area contributed by atoms with Crippen molar-refractivity contribution < 1.29 is 4.39 Å². The molecule has 0 saturated carbocycles. The number of alkyl halides is 1. The van der Waals surface area contributed by atoms with Crippen LogP contribution in [0.3, 0.4) is 0 Å². The molecule has 3 heteroatoms. The van der Waals surface area contributed by atoms with E-state index in [1.807, 2.05) is 6.07 Å². The molecule has 0 heterocycles. The summed E-state index contributed by atoms with van der Waals surface area (Å²) in [6.45, 7) is -0.416. The van der Waals surface area contributed by atoms with E-state index in [9.17, 15) is 4.39 Å². The third-order valence-corrected chi connectivity index (χ3v) is 1.89. The van der Waals surface area contributed by atoms with E-state index in [2.05, 4.69) is 0 Å². The average Bonchev–Trinajstić information content (AvgIpc) is 2.18. The molecule has 1 aromatic carbocycles. The van der Waals surface area contributed by atoms with Gasteiger partial charge in [-0.2, -0.15) is 5.26 Å². The van der Waals surface area contributed by atoms with Crippen LogP contribution in [-0.4, -0.2) is 6.67 Å². The quantitative estimate of drug-likeness (QED) is 0.768. The monoisotopic (exact) mass is 178 g/mol. The van der Waals surface area contributed by atoms with E-state index in [4.69, 9.17) is 11.0 Å². The maximum Gasteiger partial charge on any atom is 0.0991 e. The first-order valence-corrected chi connectivity index (χ1v) is 4.09. The van der Waals surface area contributed by atoms with Crippen LogP contribution in [0.15, 0.2) is 24.3 Å². The Hall–Kier alpha value is -1.40. The number of hydrogen-bond acceptors (Lipinski definition) is 2. The Balaban J connectivity index is 2.75. The topological polar surface area (TPSA) is 49.8 Å². The van der Waals surface area contributed by atoms with Crippen molar-refractivity contribution in [3.8, 4) is 6.07 Å². The minimum absolute atomic E-state index is 0.266. The fourth-order valence-corrected chi connectivity index (χ4v) is 1.09. The van der Waals surface area contributed by atoms with Gasteiger partial charge in [0.25, 0.3) is 0 Å². The summed E-state index contributed by atoms with van der Waals surface area (Å²) in [6.07, 6.45) is 0.325. The molecule has 0 bridgehead atoms. The Bertz CT molecular complexity index is 300. The Kier molecular flexibility index (Phi) is 3.41. The fraction of sp³-hybridized carbons (Fsp3) is 0.300. The van der Waals surface area contributed by atoms with Crippen LogP contribution < -0.4 is 5.73 Å². The van der Waals surface area contributed by atoms with Crippen LogP contribution in [0, 0.1) is 11.3 Å². The molecule has 2 nitrogen and oxygen atoms in total. The van der Waals surface area contributed by atoms with Gasteiger partial charge >= 0.3 is 0 Å². The second-order valence-corrected chi connectivity index (χ2v) is 2.82. The summed E-state index contributed by atoms with van der Waals surface area (Å²) < 4.78 is 11.9. The van der Waals surface area contributed by atoms with Gasteiger partial charge in [-0.3, -0.25) is 4.39 Å². The normalized spacial score (nSPS) is 12.1. The summed E-state index contributed by atoms with van der Waals surface area (Å²) in [5.41, 5.74) is 7.14. The molecule has 0 aliphatic rings. The molecular weight excluding hydrogens is 167 g/mol. The molecule has 1 atom stereocenters. The van der Waals surface area contributed by atoms with Gasteiger partial charge in [-0.05, 0) is 24.1 Å². The standard InChI is InChI=1S/C10H11FN2/c11-6-5-10(13)9-3-1-8(7-12)2-4-9/h1-4,10H,5-6,13H2/t10-/m1/s1. The van der Waals surface area contributed by atoms with Gasteiger partial charge < -0.3 is 5.73 Å². The van der Waals surface area contributed by atoms with E-state index in [0.717, 1.165) is 5.56 Å². The molecule has 0 aliphatic heterocycles. The summed E-state index contributed by atoms with van der Waals surface area (Å²) in [6, 6.07) is 8.65. The highest BCUT2D eigenvalue weighted by Crippen LogP contribution is 2.14. The van der Waals surface area contributed by atoms with Gasteiger partial charge in [-0.1, -0.05) is 12.1 Å². The van der Waals surface area contributed by atoms with Crippen molar-refractivity contribution in [3.63, 3.8) is 0 Å². The number of halogens is 1. The third kappa shape index (κ3) is 2.53. The summed E-state index contributed by atoms with van der Waals surface area (Å²) in [4.78, 5) is 0. The predicted molar refractivity (Wildman–Crippen MR) is 48.7 cm³/mol. The van der Waals surface area contributed by atoms with Crippen LogP contribution in [0.1, 0.15) is 23.6 Å². The Morgan fingerprint density at radius 1 is 1.38 bits per heavy atom. The van der Waals surface area contributed by atoms with Crippen molar-refractivity contribution in [1.82, 2.24) is 0 Å². The Labute approximate surface area is 76.8 Å². The highest BCUT2D eigenvalue weighted by Gasteiger charge is 2.04. The largest absolute Gasteiger partial charge is 0.324 e. The van der Waals surface area contributed by atoms with Gasteiger partial charge in [0, 0.05) is 6.04 Å². The Morgan fingerprint density at radius 3 is 2.46 bits per heavy atom. The number of nitriles is 1. The third-order valence-electron chi connectivity index (χ3n) is 1.89. The maximum absolute atomic E-state index is 11.9. The lowest BCUT2D eigenvalue weighted by atomic mass is 10.0. The van der Waals surface area contributed by atoms with Crippen LogP contribution in [0.25, 0.3) is 0 Å². The lowest BCUT2D eigenvalue weighted by Gasteiger charge is -2.08. The van der Waals surface area contributed by atoms with Crippen molar-refractivity contribution in [2.75, 3.05) is 6.67 Å². The summed E-state index contributed by atoms with van der Waals surface area (Å²) in [5, 5.41) is 8.53. The summed E-state index contributed by atoms with van der Waals surface area (Å²) in [7, 11) is 0. The van der Waals surface area contributed by atoms with Gasteiger partial charge in [-0.15, -0.1) is 0 Å². The van der Waals surface area contributed by atoms with Crippen LogP contribution in [0.5, 0.6) is 0 Å². The molecule has 1 rings (SSSR count). The highest BCUT2D eigenvalue weighted by molar-refractivity contribution is 5.32. The van der Waals surface area contributed by atoms with Crippen LogP contribution in [0.4, 0.5) is 4.39 Å². The number of nitrogens with zero attached hydrogens (tertiary/aromatic N) is 1. The molecule has 0 aliphatic carbocycles. The number of benzene rings is 1. The van der Waals surface area contributed by atoms with Crippen LogP contribution in [-0.2, 0) is 0 Å². The molecule has 1 aromatic rings. The zero-order valence-corrected chi connectivity index (χ0v) is 7.20. The van der Waals surface area contributed by atoms with Gasteiger partial charge in [0.1, 0.15) is 0 Å². The molecular formula is C10H11FN2. The minimum Gasteiger partial charge on any atom is -0.324 e. The van der Waals surface area contributed by atoms with Crippen molar-refractivity contribution >= 4 is 0 Å². The molecule has 0 aromatic heterocycles. The number of rotatable bonds is 3. The molecule has 68 valence electrons. The second-order valence-electron chi connectivity index (χ2n) is 2.82. The molecule has 0 spiro atoms. The molecule has 0 saturated heterocycles. The van der Waals surface area contributed by atoms with Gasteiger partial charge in [0.2, 0.25) is 0 Å². The number of nitrogens with two attached hydrogens (primary N) is 1. The van der Waals surface area contributed by atoms with Crippen molar-refractivity contribution in [2.24, 2.45) is 5.73 Å². The van der Waals surface area contributed by atoms with Crippen LogP contribution >= 0.6 is 0 Å². The van der Waals surface area contributed by atoms with Crippen LogP contribution in [0.2, 0.25) is 0 Å². The maximum atomic E-state index is 11.9. The highest BCUT2D eigenvalue weighted by atomic mass is 19.1. The zero-order chi connectivity index (χ0) is 9.68. The van der Waals surface area contributed by atoms with E-state index in [1.54, 1.807) is 24.3 Å². The SMILES string of the molecule is N#Cc1ccc([C@H](N)CCF)cc1. The molecule has 2 N–H and O–H groups in total. The molecule has 0 amide bonds. The lowest BCUT2D eigenvalue weighted by Crippen LogP contribution is -2.10. The van der Waals surface area contributed by atoms with Crippen molar-refractivity contribution in [1.29, 1.82) is 5.26 Å². The van der Waals surface area contributed by atoms with E-state index in [0.29, 0.717) is 12.0 Å². The summed E-state index contributed by atoms with van der Waals surface area (Å²) in [5.74, 6) is 0. The van der Waals surface area contributed by atoms with Gasteiger partial charge in [-0.25, -0.2) is 0 Å². The summed E-state index contributed by atoms with van der Waals surface area (Å²) >= 11 is 0. The van der Waals surface area contributed by atoms with Gasteiger partial charge in [0.05, 0.1) is 18.3 Å². The number of hydrogen-bond donors (Lipinski definition) is 1. The molecule has 0 fully saturated rings. The van der Waals surface area contributed by atoms with Crippen molar-refractivity contribution in [2.45, 2.75) is 12.5 Å². The predicted octanol–water partition coefficient (Wildman–Crippen LogP) is 1.92. The fourth-order valence-electron chi connectivity index (χ4n) is 1.09. The first kappa shape index (κ1) is 9.69. The van der Waals surface area contributed by atoms with Gasteiger partial charge in [0.15, 0.2) is 0 Å². The minimum atomic E-state index is -0.416. The lowest BCUT2D eigenvalue weighted by molar-refractivity contribution is 0.442. The van der Waals surface area contributed by atoms with E-state index < -0.39 is 6.67 Å². The zero-order valence-electron chi connectivity index (χ0n) is 7.20.